The van der Waals surface area contributed by atoms with Gasteiger partial charge >= 0.3 is 6.03 Å². The summed E-state index contributed by atoms with van der Waals surface area (Å²) >= 11 is 0. The number of hydrogen-bond acceptors (Lipinski definition) is 5. The van der Waals surface area contributed by atoms with Gasteiger partial charge in [0.25, 0.3) is 0 Å². The van der Waals surface area contributed by atoms with Crippen LogP contribution < -0.4 is 10.1 Å². The number of rotatable bonds is 5. The first-order chi connectivity index (χ1) is 16.5. The van der Waals surface area contributed by atoms with Crippen LogP contribution in [-0.2, 0) is 40.7 Å². The smallest absolute Gasteiger partial charge is 0.353 e. The van der Waals surface area contributed by atoms with Gasteiger partial charge in [-0.25, -0.2) is 13.7 Å². The van der Waals surface area contributed by atoms with Gasteiger partial charge < -0.3 is 14.5 Å². The number of nitrogens with zero attached hydrogens (tertiary/aromatic N) is 3. The first-order valence-corrected chi connectivity index (χ1v) is 16.7. The molecule has 0 fully saturated rings. The lowest BCUT2D eigenvalue weighted by Gasteiger charge is -2.36. The van der Waals surface area contributed by atoms with Gasteiger partial charge in [0.05, 0.1) is 23.4 Å². The lowest BCUT2D eigenvalue weighted by Crippen LogP contribution is -2.42. The van der Waals surface area contributed by atoms with Gasteiger partial charge in [0.15, 0.2) is 8.32 Å². The molecule has 0 saturated heterocycles. The van der Waals surface area contributed by atoms with E-state index in [0.29, 0.717) is 24.0 Å². The minimum absolute atomic E-state index is 0.0837. The molecule has 1 unspecified atom stereocenters. The molecular weight excluding hydrogens is 480 g/mol. The van der Waals surface area contributed by atoms with Gasteiger partial charge in [-0.3, -0.25) is 0 Å². The Balaban J connectivity index is 1.31. The van der Waals surface area contributed by atoms with Crippen LogP contribution in [0.3, 0.4) is 0 Å². The van der Waals surface area contributed by atoms with Crippen molar-refractivity contribution in [1.29, 1.82) is 0 Å². The quantitative estimate of drug-likeness (QED) is 0.427. The van der Waals surface area contributed by atoms with Crippen molar-refractivity contribution in [1.82, 2.24) is 9.78 Å². The molecule has 0 saturated carbocycles. The number of fused-ring (bicyclic) bond motifs is 3. The molecule has 0 spiro atoms. The van der Waals surface area contributed by atoms with Gasteiger partial charge in [0.2, 0.25) is 5.88 Å². The molecule has 2 aromatic rings. The Morgan fingerprint density at radius 3 is 2.51 bits per heavy atom. The average molecular weight is 517 g/mol. The summed E-state index contributed by atoms with van der Waals surface area (Å²) < 4.78 is 30.9. The number of aromatic nitrogens is 2. The third kappa shape index (κ3) is 4.56. The lowest BCUT2D eigenvalue weighted by atomic mass is 9.99. The summed E-state index contributed by atoms with van der Waals surface area (Å²) in [6.07, 6.45) is 7.75. The van der Waals surface area contributed by atoms with E-state index in [1.54, 1.807) is 4.68 Å². The molecule has 3 aliphatic rings. The van der Waals surface area contributed by atoms with Crippen LogP contribution in [0.25, 0.3) is 0 Å². The molecule has 1 aromatic carbocycles. The number of thiol groups is 1. The fraction of sp³-hybridized carbons (Fsp3) is 0.600. The predicted molar refractivity (Wildman–Crippen MR) is 140 cm³/mol. The highest BCUT2D eigenvalue weighted by Crippen LogP contribution is 2.40. The summed E-state index contributed by atoms with van der Waals surface area (Å²) in [6.45, 7) is 11.9. The molecule has 2 amide bonds. The number of amides is 2. The van der Waals surface area contributed by atoms with Crippen molar-refractivity contribution in [2.45, 2.75) is 88.4 Å². The summed E-state index contributed by atoms with van der Waals surface area (Å²) in [4.78, 5) is 13.2. The minimum atomic E-state index is -2.34. The first kappa shape index (κ1) is 24.5. The molecule has 2 aliphatic carbocycles. The highest BCUT2D eigenvalue weighted by Gasteiger charge is 2.39. The van der Waals surface area contributed by atoms with Crippen LogP contribution >= 0.6 is 0 Å². The fourth-order valence-corrected chi connectivity index (χ4v) is 6.84. The van der Waals surface area contributed by atoms with Crippen LogP contribution in [0.5, 0.6) is 5.88 Å². The molecular formula is C25H36N4O4SSi. The monoisotopic (exact) mass is 516 g/mol. The maximum Gasteiger partial charge on any atom is 0.353 e. The second-order valence-corrected chi connectivity index (χ2v) is 17.4. The molecule has 1 aliphatic heterocycles. The molecule has 10 heteroatoms. The number of carbonyl (C=O) groups excluding carboxylic acids is 1. The van der Waals surface area contributed by atoms with Gasteiger partial charge in [-0.2, -0.15) is 5.10 Å². The van der Waals surface area contributed by atoms with Crippen LogP contribution in [0, 0.1) is 0 Å². The van der Waals surface area contributed by atoms with Crippen molar-refractivity contribution in [3.8, 4) is 5.88 Å². The van der Waals surface area contributed by atoms with E-state index in [1.807, 2.05) is 0 Å². The van der Waals surface area contributed by atoms with Crippen LogP contribution in [-0.4, -0.2) is 41.6 Å². The van der Waals surface area contributed by atoms with E-state index in [2.05, 4.69) is 54.7 Å². The van der Waals surface area contributed by atoms with E-state index in [9.17, 15) is 9.00 Å². The number of benzene rings is 1. The summed E-state index contributed by atoms with van der Waals surface area (Å²) in [5.41, 5.74) is 6.02. The molecule has 1 aromatic heterocycles. The van der Waals surface area contributed by atoms with Gasteiger partial charge in [-0.05, 0) is 78.9 Å². The Kier molecular flexibility index (Phi) is 6.34. The van der Waals surface area contributed by atoms with Crippen molar-refractivity contribution in [3.63, 3.8) is 0 Å². The maximum absolute atomic E-state index is 13.1. The topological polar surface area (TPSA) is 94.8 Å². The van der Waals surface area contributed by atoms with E-state index in [1.165, 1.54) is 28.5 Å². The largest absolute Gasteiger partial charge is 0.475 e. The Hall–Kier alpha value is -2.17. The van der Waals surface area contributed by atoms with Crippen molar-refractivity contribution in [2.24, 2.45) is 4.36 Å². The highest BCUT2D eigenvalue weighted by molar-refractivity contribution is 7.75. The summed E-state index contributed by atoms with van der Waals surface area (Å²) in [5.74, 6) is 0.424. The van der Waals surface area contributed by atoms with Gasteiger partial charge in [-0.15, -0.1) is 4.36 Å². The number of anilines is 1. The van der Waals surface area contributed by atoms with Crippen molar-refractivity contribution < 1.29 is 18.2 Å². The fourth-order valence-electron chi connectivity index (χ4n) is 4.99. The molecule has 35 heavy (non-hydrogen) atoms. The molecule has 5 rings (SSSR count). The standard InChI is InChI=1S/C25H36N4O4SSi/c1-25(2,3)35(4,5)33-15-18-14-32-23-21(13-26-29(18)23)34(31)28-24(30)27-22-19-10-6-8-16(19)12-17-9-7-11-20(17)22/h12-13,18,34H,6-11,14-15H2,1-5H3,(H,27,30)/t18-/m0/s1. The zero-order valence-electron chi connectivity index (χ0n) is 21.3. The van der Waals surface area contributed by atoms with Gasteiger partial charge in [-0.1, -0.05) is 26.8 Å². The summed E-state index contributed by atoms with van der Waals surface area (Å²) in [7, 11) is -4.24. The van der Waals surface area contributed by atoms with Crippen LogP contribution in [0.2, 0.25) is 18.1 Å². The Labute approximate surface area is 210 Å². The van der Waals surface area contributed by atoms with Gasteiger partial charge in [0.1, 0.15) is 17.5 Å². The lowest BCUT2D eigenvalue weighted by molar-refractivity contribution is 0.208. The first-order valence-electron chi connectivity index (χ1n) is 12.6. The van der Waals surface area contributed by atoms with Crippen molar-refractivity contribution >= 4 is 30.6 Å². The van der Waals surface area contributed by atoms with Crippen LogP contribution in [0.1, 0.15) is 61.9 Å². The van der Waals surface area contributed by atoms with E-state index in [0.717, 1.165) is 44.2 Å². The van der Waals surface area contributed by atoms with Crippen molar-refractivity contribution in [3.05, 3.63) is 34.5 Å². The summed E-state index contributed by atoms with van der Waals surface area (Å²) in [6, 6.07) is 1.66. The molecule has 8 nitrogen and oxygen atoms in total. The van der Waals surface area contributed by atoms with Crippen LogP contribution in [0.15, 0.2) is 21.5 Å². The Bertz CT molecular complexity index is 1220. The molecule has 2 atom stereocenters. The maximum atomic E-state index is 13.1. The Morgan fingerprint density at radius 1 is 1.23 bits per heavy atom. The van der Waals surface area contributed by atoms with E-state index in [-0.39, 0.29) is 11.1 Å². The van der Waals surface area contributed by atoms with Crippen LogP contribution in [0.4, 0.5) is 10.5 Å². The highest BCUT2D eigenvalue weighted by atomic mass is 32.2. The number of aryl methyl sites for hydroxylation is 2. The second-order valence-electron chi connectivity index (χ2n) is 11.4. The molecule has 1 N–H and O–H groups in total. The predicted octanol–water partition coefficient (Wildman–Crippen LogP) is 5.07. The molecule has 0 radical (unpaired) electrons. The minimum Gasteiger partial charge on any atom is -0.475 e. The third-order valence-electron chi connectivity index (χ3n) is 8.03. The number of hydrogen-bond donors (Lipinski definition) is 2. The Morgan fingerprint density at radius 2 is 1.89 bits per heavy atom. The van der Waals surface area contributed by atoms with E-state index in [4.69, 9.17) is 9.16 Å². The van der Waals surface area contributed by atoms with Gasteiger partial charge in [0, 0.05) is 5.69 Å². The third-order valence-corrected chi connectivity index (χ3v) is 13.6. The summed E-state index contributed by atoms with van der Waals surface area (Å²) in [5, 5.41) is 7.50. The van der Waals surface area contributed by atoms with E-state index < -0.39 is 24.9 Å². The number of carbonyl (C=O) groups is 1. The number of nitrogens with one attached hydrogen (secondary N) is 1. The van der Waals surface area contributed by atoms with Crippen molar-refractivity contribution in [2.75, 3.05) is 18.5 Å². The molecule has 190 valence electrons. The molecule has 0 bridgehead atoms. The normalized spacial score (nSPS) is 19.9. The average Bonchev–Trinajstić information content (AvgIpc) is 3.55. The number of urea groups is 1. The van der Waals surface area contributed by atoms with E-state index >= 15 is 0 Å². The SMILES string of the molecule is CC(C)(C)[Si](C)(C)OC[C@@H]1COc2c([SH](=O)=NC(=O)Nc3c4c(cc5c3CCC5)CCC4)cnn21. The second kappa shape index (κ2) is 9.04. The number of ether oxygens (including phenoxy) is 1. The zero-order valence-corrected chi connectivity index (χ0v) is 23.2. The zero-order chi connectivity index (χ0) is 25.0. The molecule has 2 heterocycles.